The van der Waals surface area contributed by atoms with Gasteiger partial charge in [0.25, 0.3) is 0 Å². The number of ether oxygens (including phenoxy) is 4. The summed E-state index contributed by atoms with van der Waals surface area (Å²) in [5.74, 6) is -0.502. The maximum absolute atomic E-state index is 12.8. The van der Waals surface area contributed by atoms with Crippen LogP contribution in [0.1, 0.15) is 36.5 Å². The van der Waals surface area contributed by atoms with Crippen molar-refractivity contribution in [3.8, 4) is 23.6 Å². The third kappa shape index (κ3) is 4.85. The molecule has 0 radical (unpaired) electrons. The van der Waals surface area contributed by atoms with Gasteiger partial charge in [-0.05, 0) is 37.6 Å². The molecule has 0 saturated carbocycles. The lowest BCUT2D eigenvalue weighted by molar-refractivity contribution is -0.139. The highest BCUT2D eigenvalue weighted by atomic mass is 79.9. The number of nitriles is 2. The van der Waals surface area contributed by atoms with Gasteiger partial charge in [-0.2, -0.15) is 10.5 Å². The number of carbonyl (C=O) groups excluding carboxylic acids is 1. The largest absolute Gasteiger partial charge is 0.493 e. The molecule has 0 aromatic heterocycles. The maximum Gasteiger partial charge on any atom is 0.338 e. The SMILES string of the molecule is CCOC(=O)C1=C(C)OC(N)=C(C#N)C1c1cc(OC)c(OCc2ccccc2C#N)cc1Br. The number of esters is 1. The lowest BCUT2D eigenvalue weighted by atomic mass is 9.83. The summed E-state index contributed by atoms with van der Waals surface area (Å²) in [7, 11) is 1.48. The lowest BCUT2D eigenvalue weighted by Gasteiger charge is -2.28. The van der Waals surface area contributed by atoms with Crippen molar-refractivity contribution >= 4 is 21.9 Å². The van der Waals surface area contributed by atoms with Crippen molar-refractivity contribution in [2.24, 2.45) is 5.73 Å². The van der Waals surface area contributed by atoms with Crippen LogP contribution in [0.4, 0.5) is 0 Å². The van der Waals surface area contributed by atoms with Gasteiger partial charge >= 0.3 is 5.97 Å². The Morgan fingerprint density at radius 2 is 1.94 bits per heavy atom. The Hall–Kier alpha value is -3.95. The van der Waals surface area contributed by atoms with Gasteiger partial charge in [-0.25, -0.2) is 4.79 Å². The van der Waals surface area contributed by atoms with Crippen LogP contribution in [0.3, 0.4) is 0 Å². The highest BCUT2D eigenvalue weighted by Gasteiger charge is 2.38. The highest BCUT2D eigenvalue weighted by molar-refractivity contribution is 9.10. The second-order valence-corrected chi connectivity index (χ2v) is 8.05. The van der Waals surface area contributed by atoms with E-state index in [9.17, 15) is 15.3 Å². The van der Waals surface area contributed by atoms with Gasteiger partial charge in [-0.3, -0.25) is 0 Å². The molecule has 0 aliphatic carbocycles. The molecule has 1 atom stereocenters. The van der Waals surface area contributed by atoms with Crippen LogP contribution >= 0.6 is 15.9 Å². The summed E-state index contributed by atoms with van der Waals surface area (Å²) in [6.07, 6.45) is 0. The smallest absolute Gasteiger partial charge is 0.338 e. The van der Waals surface area contributed by atoms with Crippen molar-refractivity contribution in [1.82, 2.24) is 0 Å². The molecule has 1 aliphatic rings. The van der Waals surface area contributed by atoms with Crippen LogP contribution in [-0.2, 0) is 20.9 Å². The van der Waals surface area contributed by atoms with Gasteiger partial charge in [0.15, 0.2) is 11.5 Å². The number of hydrogen-bond acceptors (Lipinski definition) is 8. The molecule has 0 spiro atoms. The Balaban J connectivity index is 2.06. The molecule has 174 valence electrons. The number of benzene rings is 2. The fraction of sp³-hybridized carbons (Fsp3) is 0.240. The van der Waals surface area contributed by atoms with E-state index in [4.69, 9.17) is 24.7 Å². The first-order valence-corrected chi connectivity index (χ1v) is 11.1. The molecule has 1 aliphatic heterocycles. The van der Waals surface area contributed by atoms with Crippen molar-refractivity contribution < 1.29 is 23.7 Å². The first-order chi connectivity index (χ1) is 16.4. The van der Waals surface area contributed by atoms with Crippen molar-refractivity contribution in [1.29, 1.82) is 10.5 Å². The number of hydrogen-bond donors (Lipinski definition) is 1. The number of halogens is 1. The molecule has 9 heteroatoms. The molecule has 2 aromatic rings. The number of rotatable bonds is 7. The van der Waals surface area contributed by atoms with E-state index < -0.39 is 11.9 Å². The van der Waals surface area contributed by atoms with Crippen molar-refractivity contribution in [2.75, 3.05) is 13.7 Å². The summed E-state index contributed by atoms with van der Waals surface area (Å²) < 4.78 is 22.7. The van der Waals surface area contributed by atoms with Crippen molar-refractivity contribution in [2.45, 2.75) is 26.4 Å². The molecule has 0 bridgehead atoms. The molecule has 3 rings (SSSR count). The van der Waals surface area contributed by atoms with Gasteiger partial charge in [0, 0.05) is 10.0 Å². The summed E-state index contributed by atoms with van der Waals surface area (Å²) in [5.41, 5.74) is 8.02. The van der Waals surface area contributed by atoms with Crippen LogP contribution in [0.25, 0.3) is 0 Å². The number of methoxy groups -OCH3 is 1. The second-order valence-electron chi connectivity index (χ2n) is 7.20. The zero-order valence-corrected chi connectivity index (χ0v) is 20.4. The molecular weight excluding hydrogens is 502 g/mol. The molecule has 2 N–H and O–H groups in total. The van der Waals surface area contributed by atoms with Crippen LogP contribution in [0.15, 0.2) is 63.7 Å². The summed E-state index contributed by atoms with van der Waals surface area (Å²) in [6, 6.07) is 14.7. The molecule has 0 fully saturated rings. The topological polar surface area (TPSA) is 128 Å². The highest BCUT2D eigenvalue weighted by Crippen LogP contribution is 2.45. The van der Waals surface area contributed by atoms with E-state index in [0.717, 1.165) is 5.56 Å². The third-order valence-electron chi connectivity index (χ3n) is 5.22. The Kier molecular flexibility index (Phi) is 7.83. The molecule has 1 unspecified atom stereocenters. The van der Waals surface area contributed by atoms with Gasteiger partial charge in [0.1, 0.15) is 24.0 Å². The van der Waals surface area contributed by atoms with E-state index in [1.807, 2.05) is 12.1 Å². The average Bonchev–Trinajstić information content (AvgIpc) is 2.82. The van der Waals surface area contributed by atoms with Crippen molar-refractivity contribution in [3.63, 3.8) is 0 Å². The molecule has 34 heavy (non-hydrogen) atoms. The molecular formula is C25H22BrN3O5. The van der Waals surface area contributed by atoms with E-state index in [2.05, 4.69) is 28.1 Å². The summed E-state index contributed by atoms with van der Waals surface area (Å²) >= 11 is 3.54. The number of nitrogens with two attached hydrogens (primary N) is 1. The van der Waals surface area contributed by atoms with Gasteiger partial charge in [0.05, 0.1) is 36.8 Å². The van der Waals surface area contributed by atoms with E-state index in [1.54, 1.807) is 38.1 Å². The van der Waals surface area contributed by atoms with Crippen LogP contribution in [-0.4, -0.2) is 19.7 Å². The Labute approximate surface area is 205 Å². The predicted octanol–water partition coefficient (Wildman–Crippen LogP) is 4.55. The van der Waals surface area contributed by atoms with E-state index in [1.165, 1.54) is 7.11 Å². The van der Waals surface area contributed by atoms with E-state index in [-0.39, 0.29) is 36.0 Å². The maximum atomic E-state index is 12.8. The Morgan fingerprint density at radius 3 is 2.59 bits per heavy atom. The van der Waals surface area contributed by atoms with Gasteiger partial charge in [-0.1, -0.05) is 34.1 Å². The summed E-state index contributed by atoms with van der Waals surface area (Å²) in [5, 5.41) is 19.1. The minimum absolute atomic E-state index is 0.0769. The number of allylic oxidation sites excluding steroid dienone is 2. The second kappa shape index (κ2) is 10.8. The van der Waals surface area contributed by atoms with Crippen LogP contribution in [0.2, 0.25) is 0 Å². The molecule has 1 heterocycles. The summed E-state index contributed by atoms with van der Waals surface area (Å²) in [6.45, 7) is 3.59. The van der Waals surface area contributed by atoms with E-state index in [0.29, 0.717) is 27.1 Å². The van der Waals surface area contributed by atoms with Crippen LogP contribution < -0.4 is 15.2 Å². The Morgan fingerprint density at radius 1 is 1.21 bits per heavy atom. The predicted molar refractivity (Wildman–Crippen MR) is 126 cm³/mol. The van der Waals surface area contributed by atoms with Gasteiger partial charge < -0.3 is 24.7 Å². The summed E-state index contributed by atoms with van der Waals surface area (Å²) in [4.78, 5) is 12.8. The average molecular weight is 524 g/mol. The minimum atomic E-state index is -0.838. The van der Waals surface area contributed by atoms with Crippen molar-refractivity contribution in [3.05, 3.63) is 80.3 Å². The van der Waals surface area contributed by atoms with Gasteiger partial charge in [-0.15, -0.1) is 0 Å². The fourth-order valence-electron chi connectivity index (χ4n) is 3.62. The minimum Gasteiger partial charge on any atom is -0.493 e. The van der Waals surface area contributed by atoms with E-state index >= 15 is 0 Å². The molecule has 0 saturated heterocycles. The molecule has 8 nitrogen and oxygen atoms in total. The van der Waals surface area contributed by atoms with Crippen LogP contribution in [0.5, 0.6) is 11.5 Å². The standard InChI is InChI=1S/C25H22BrN3O5/c1-4-32-25(30)22-14(2)34-24(29)18(12-28)23(22)17-9-20(31-3)21(10-19(17)26)33-13-16-8-6-5-7-15(16)11-27/h5-10,23H,4,13,29H2,1-3H3. The normalized spacial score (nSPS) is 15.2. The first kappa shape index (κ1) is 24.7. The van der Waals surface area contributed by atoms with Crippen LogP contribution in [0, 0.1) is 22.7 Å². The lowest BCUT2D eigenvalue weighted by Crippen LogP contribution is -2.25. The quantitative estimate of drug-likeness (QED) is 0.523. The zero-order valence-electron chi connectivity index (χ0n) is 18.8. The molecule has 2 aromatic carbocycles. The third-order valence-corrected chi connectivity index (χ3v) is 5.90. The zero-order chi connectivity index (χ0) is 24.8. The fourth-order valence-corrected chi connectivity index (χ4v) is 4.17. The first-order valence-electron chi connectivity index (χ1n) is 10.3. The molecule has 0 amide bonds. The monoisotopic (exact) mass is 523 g/mol. The number of carbonyl (C=O) groups is 1. The number of nitrogens with zero attached hydrogens (tertiary/aromatic N) is 2. The Bertz CT molecular complexity index is 1270. The van der Waals surface area contributed by atoms with Gasteiger partial charge in [0.2, 0.25) is 5.88 Å².